The van der Waals surface area contributed by atoms with E-state index in [-0.39, 0.29) is 28.6 Å². The molecule has 0 atom stereocenters. The van der Waals surface area contributed by atoms with Crippen molar-refractivity contribution < 1.29 is 0 Å². The average molecular weight is 1100 g/mol. The molecular weight excluding hydrogens is 1030 g/mol. The Kier molecular flexibility index (Phi) is 12.9. The van der Waals surface area contributed by atoms with E-state index in [1.165, 1.54) is 61.3 Å². The average Bonchev–Trinajstić information content (AvgIpc) is 2.38. The molecule has 3 aliphatic heterocycles. The minimum atomic E-state index is -0.102. The van der Waals surface area contributed by atoms with Crippen LogP contribution in [0.4, 0.5) is 73.9 Å². The predicted octanol–water partition coefficient (Wildman–Crippen LogP) is 21.6. The smallest absolute Gasteiger partial charge is 0.359 e. The van der Waals surface area contributed by atoms with Gasteiger partial charge in [0, 0.05) is 56.6 Å². The third-order valence-electron chi connectivity index (χ3n) is 17.2. The molecule has 13 rings (SSSR count). The third kappa shape index (κ3) is 9.36. The number of benzene rings is 10. The number of nitrogens with zero attached hydrogens (tertiary/aromatic N) is 5. The number of para-hydroxylation sites is 4. The highest BCUT2D eigenvalue weighted by molar-refractivity contribution is 6.88. The van der Waals surface area contributed by atoms with E-state index in [4.69, 9.17) is 11.6 Å². The van der Waals surface area contributed by atoms with E-state index in [1.54, 1.807) is 0 Å². The molecular formula is C76H73BClN5. The number of hydrogen-bond acceptors (Lipinski definition) is 5. The predicted molar refractivity (Wildman–Crippen MR) is 357 cm³/mol. The van der Waals surface area contributed by atoms with Gasteiger partial charge in [0.15, 0.2) is 0 Å². The lowest BCUT2D eigenvalue weighted by molar-refractivity contribution is 0.590. The van der Waals surface area contributed by atoms with Crippen molar-refractivity contribution >= 4 is 98.0 Å². The molecule has 412 valence electrons. The Hall–Kier alpha value is -8.45. The van der Waals surface area contributed by atoms with Crippen LogP contribution in [0.2, 0.25) is 5.02 Å². The molecule has 0 saturated carbocycles. The van der Waals surface area contributed by atoms with Crippen LogP contribution in [0.15, 0.2) is 224 Å². The van der Waals surface area contributed by atoms with Crippen LogP contribution in [0.3, 0.4) is 0 Å². The number of fused-ring (bicyclic) bond motifs is 9. The van der Waals surface area contributed by atoms with E-state index in [0.717, 1.165) is 62.6 Å². The van der Waals surface area contributed by atoms with Crippen molar-refractivity contribution in [1.82, 2.24) is 0 Å². The highest BCUT2D eigenvalue weighted by Gasteiger charge is 2.52. The van der Waals surface area contributed by atoms with Crippen LogP contribution >= 0.6 is 11.6 Å². The highest BCUT2D eigenvalue weighted by Crippen LogP contribution is 2.58. The van der Waals surface area contributed by atoms with E-state index in [2.05, 4.69) is 332 Å². The Morgan fingerprint density at radius 2 is 0.639 bits per heavy atom. The molecule has 0 fully saturated rings. The quantitative estimate of drug-likeness (QED) is 0.134. The number of hydrogen-bond donors (Lipinski definition) is 0. The monoisotopic (exact) mass is 1100 g/mol. The van der Waals surface area contributed by atoms with Gasteiger partial charge in [-0.1, -0.05) is 216 Å². The molecule has 0 unspecified atom stereocenters. The van der Waals surface area contributed by atoms with Crippen molar-refractivity contribution in [1.29, 1.82) is 0 Å². The first-order valence-corrected chi connectivity index (χ1v) is 29.8. The molecule has 83 heavy (non-hydrogen) atoms. The van der Waals surface area contributed by atoms with E-state index < -0.39 is 0 Å². The standard InChI is InChI=1S/C76H73BClN5/c1-73(2,3)50-31-37-56(38-32-50)80(57-39-33-51(34-40-57)74(4,5)6)69-48-60(79(54-23-15-13-16-24-54)55-25-17-14-18-26-55)49-70(72(69)78)81(58-41-35-52(36-42-58)75(7,8)9)59-43-44-67-68(47-59)83-66-30-22-20-28-62(66)64-46-53(76(10,11)12)45-63-61-27-19-21-29-65(61)82(67)77(83)71(63)64/h13-49H,1-12H3. The summed E-state index contributed by atoms with van der Waals surface area (Å²) in [5, 5.41) is 0.609. The zero-order chi connectivity index (χ0) is 57.9. The molecule has 0 aromatic heterocycles. The van der Waals surface area contributed by atoms with Crippen molar-refractivity contribution in [2.75, 3.05) is 24.3 Å². The third-order valence-corrected chi connectivity index (χ3v) is 17.6. The summed E-state index contributed by atoms with van der Waals surface area (Å²) < 4.78 is 0. The highest BCUT2D eigenvalue weighted by atomic mass is 35.5. The summed E-state index contributed by atoms with van der Waals surface area (Å²) in [5.74, 6) is 0. The van der Waals surface area contributed by atoms with Crippen molar-refractivity contribution in [3.63, 3.8) is 0 Å². The molecule has 10 aromatic rings. The molecule has 7 heteroatoms. The summed E-state index contributed by atoms with van der Waals surface area (Å²) in [7, 11) is 0. The molecule has 0 spiro atoms. The van der Waals surface area contributed by atoms with E-state index in [1.807, 2.05) is 0 Å². The van der Waals surface area contributed by atoms with Gasteiger partial charge in [-0.2, -0.15) is 0 Å². The summed E-state index contributed by atoms with van der Waals surface area (Å²) in [5.41, 5.74) is 24.7. The first kappa shape index (κ1) is 53.8. The summed E-state index contributed by atoms with van der Waals surface area (Å²) >= 11 is 8.46. The second-order valence-corrected chi connectivity index (χ2v) is 27.3. The van der Waals surface area contributed by atoms with Crippen molar-refractivity contribution in [3.05, 3.63) is 252 Å². The van der Waals surface area contributed by atoms with E-state index in [0.29, 0.717) is 5.02 Å². The van der Waals surface area contributed by atoms with Crippen LogP contribution in [0.1, 0.15) is 105 Å². The van der Waals surface area contributed by atoms with E-state index >= 15 is 0 Å². The second-order valence-electron chi connectivity index (χ2n) is 26.9. The van der Waals surface area contributed by atoms with Gasteiger partial charge >= 0.3 is 6.98 Å². The Labute approximate surface area is 498 Å². The maximum atomic E-state index is 8.46. The van der Waals surface area contributed by atoms with Crippen molar-refractivity contribution in [3.8, 4) is 22.3 Å². The van der Waals surface area contributed by atoms with Crippen molar-refractivity contribution in [2.45, 2.75) is 105 Å². The molecule has 0 bridgehead atoms. The van der Waals surface area contributed by atoms with Crippen LogP contribution in [0.25, 0.3) is 22.3 Å². The molecule has 3 heterocycles. The zero-order valence-corrected chi connectivity index (χ0v) is 50.8. The van der Waals surface area contributed by atoms with Crippen LogP contribution in [0, 0.1) is 0 Å². The zero-order valence-electron chi connectivity index (χ0n) is 50.1. The second kappa shape index (κ2) is 19.9. The SMILES string of the molecule is CC(C)(C)c1ccc(N(c2ccc(C(C)(C)C)cc2)c2cc(N(c3ccccc3)c3ccccc3)cc(N(c3ccc(C(C)(C)C)cc3)c3ccc4c(c3)N3B5c6c(cc(C(C)(C)C)cc6-c6ccccc63)-c3ccccc3N54)c2Cl)cc1. The number of halogens is 1. The summed E-state index contributed by atoms with van der Waals surface area (Å²) in [6, 6.07) is 83.3. The van der Waals surface area contributed by atoms with Crippen molar-refractivity contribution in [2.24, 2.45) is 0 Å². The van der Waals surface area contributed by atoms with Crippen LogP contribution < -0.4 is 29.8 Å². The molecule has 0 radical (unpaired) electrons. The molecule has 10 aromatic carbocycles. The fourth-order valence-corrected chi connectivity index (χ4v) is 12.9. The van der Waals surface area contributed by atoms with Gasteiger partial charge in [0.05, 0.1) is 33.5 Å². The molecule has 0 saturated heterocycles. The fraction of sp³-hybridized carbons (Fsp3) is 0.211. The molecule has 0 amide bonds. The van der Waals surface area contributed by atoms with Crippen LogP contribution in [-0.4, -0.2) is 6.98 Å². The molecule has 0 aliphatic carbocycles. The first-order valence-electron chi connectivity index (χ1n) is 29.4. The maximum Gasteiger partial charge on any atom is 0.422 e. The van der Waals surface area contributed by atoms with Gasteiger partial charge in [0.25, 0.3) is 0 Å². The largest absolute Gasteiger partial charge is 0.422 e. The summed E-state index contributed by atoms with van der Waals surface area (Å²) in [4.78, 5) is 12.3. The lowest BCUT2D eigenvalue weighted by atomic mass is 9.54. The molecule has 3 aliphatic rings. The van der Waals surface area contributed by atoms with Crippen LogP contribution in [-0.2, 0) is 21.7 Å². The Morgan fingerprint density at radius 3 is 1.05 bits per heavy atom. The first-order chi connectivity index (χ1) is 39.6. The Balaban J connectivity index is 1.09. The number of anilines is 13. The van der Waals surface area contributed by atoms with Gasteiger partial charge in [-0.3, -0.25) is 0 Å². The minimum Gasteiger partial charge on any atom is -0.359 e. The minimum absolute atomic E-state index is 0.0386. The number of rotatable bonds is 9. The Morgan fingerprint density at radius 1 is 0.289 bits per heavy atom. The lowest BCUT2D eigenvalue weighted by Crippen LogP contribution is -2.58. The fourth-order valence-electron chi connectivity index (χ4n) is 12.7. The van der Waals surface area contributed by atoms with Gasteiger partial charge in [0.2, 0.25) is 0 Å². The van der Waals surface area contributed by atoms with Gasteiger partial charge in [-0.25, -0.2) is 0 Å². The lowest BCUT2D eigenvalue weighted by Gasteiger charge is -2.42. The molecule has 0 N–H and O–H groups in total. The topological polar surface area (TPSA) is 16.2 Å². The summed E-state index contributed by atoms with van der Waals surface area (Å²) in [6.45, 7) is 27.4. The Bertz CT molecular complexity index is 3980. The normalized spacial score (nSPS) is 13.3. The van der Waals surface area contributed by atoms with Gasteiger partial charge in [-0.05, 0) is 164 Å². The van der Waals surface area contributed by atoms with Gasteiger partial charge in [0.1, 0.15) is 0 Å². The van der Waals surface area contributed by atoms with Gasteiger partial charge in [-0.15, -0.1) is 0 Å². The van der Waals surface area contributed by atoms with Crippen LogP contribution in [0.5, 0.6) is 0 Å². The van der Waals surface area contributed by atoms with Gasteiger partial charge < -0.3 is 24.3 Å². The summed E-state index contributed by atoms with van der Waals surface area (Å²) in [6.07, 6.45) is 0. The van der Waals surface area contributed by atoms with E-state index in [9.17, 15) is 0 Å². The molecule has 5 nitrogen and oxygen atoms in total. The maximum absolute atomic E-state index is 8.46.